The predicted octanol–water partition coefficient (Wildman–Crippen LogP) is 1.75. The van der Waals surface area contributed by atoms with Crippen molar-refractivity contribution in [1.82, 2.24) is 9.88 Å². The average Bonchev–Trinajstić information content (AvgIpc) is 2.28. The fraction of sp³-hybridized carbons (Fsp3) is 0.400. The Bertz CT molecular complexity index is 386. The molecule has 0 bridgehead atoms. The molecular formula is C10H14ClN3OS. The zero-order valence-corrected chi connectivity index (χ0v) is 10.8. The lowest BCUT2D eigenvalue weighted by molar-refractivity contribution is 0.0804. The number of nitrogens with two attached hydrogens (primary N) is 1. The van der Waals surface area contributed by atoms with Gasteiger partial charge in [-0.05, 0) is 12.3 Å². The lowest BCUT2D eigenvalue weighted by Crippen LogP contribution is -2.29. The first-order chi connectivity index (χ1) is 7.56. The molecule has 88 valence electrons. The Morgan fingerprint density at radius 3 is 3.00 bits per heavy atom. The summed E-state index contributed by atoms with van der Waals surface area (Å²) in [5.74, 6) is 1.06. The number of anilines is 1. The van der Waals surface area contributed by atoms with Gasteiger partial charge in [0.25, 0.3) is 5.91 Å². The normalized spacial score (nSPS) is 10.2. The number of nitrogen functional groups attached to an aromatic ring is 1. The summed E-state index contributed by atoms with van der Waals surface area (Å²) in [7, 11) is 1.74. The van der Waals surface area contributed by atoms with Crippen LogP contribution in [0.3, 0.4) is 0 Å². The molecule has 0 aliphatic rings. The summed E-state index contributed by atoms with van der Waals surface area (Å²) >= 11 is 7.58. The van der Waals surface area contributed by atoms with E-state index in [2.05, 4.69) is 4.98 Å². The molecule has 0 spiro atoms. The lowest BCUT2D eigenvalue weighted by Gasteiger charge is -2.17. The van der Waals surface area contributed by atoms with E-state index in [0.717, 1.165) is 5.75 Å². The van der Waals surface area contributed by atoms with Gasteiger partial charge in [-0.2, -0.15) is 11.8 Å². The second kappa shape index (κ2) is 5.96. The standard InChI is InChI=1S/C10H14ClN3OS/c1-14(3-4-16-2)10(15)7-5-9(12)13-6-8(7)11/h5-6H,3-4H2,1-2H3,(H2,12,13). The van der Waals surface area contributed by atoms with Crippen molar-refractivity contribution >= 4 is 35.1 Å². The number of hydrogen-bond donors (Lipinski definition) is 1. The van der Waals surface area contributed by atoms with Gasteiger partial charge in [0.1, 0.15) is 5.82 Å². The number of pyridine rings is 1. The van der Waals surface area contributed by atoms with E-state index in [1.165, 1.54) is 12.3 Å². The molecule has 0 unspecified atom stereocenters. The summed E-state index contributed by atoms with van der Waals surface area (Å²) in [6.07, 6.45) is 3.39. The summed E-state index contributed by atoms with van der Waals surface area (Å²) < 4.78 is 0. The van der Waals surface area contributed by atoms with Crippen LogP contribution >= 0.6 is 23.4 Å². The quantitative estimate of drug-likeness (QED) is 0.895. The zero-order valence-electron chi connectivity index (χ0n) is 9.24. The molecule has 0 aromatic carbocycles. The lowest BCUT2D eigenvalue weighted by atomic mass is 10.2. The molecule has 1 amide bonds. The molecule has 0 aliphatic carbocycles. The van der Waals surface area contributed by atoms with Gasteiger partial charge in [0.05, 0.1) is 10.6 Å². The summed E-state index contributed by atoms with van der Waals surface area (Å²) in [6.45, 7) is 0.679. The molecule has 2 N–H and O–H groups in total. The van der Waals surface area contributed by atoms with E-state index in [1.54, 1.807) is 23.7 Å². The molecule has 6 heteroatoms. The molecule has 1 rings (SSSR count). The van der Waals surface area contributed by atoms with Crippen molar-refractivity contribution in [3.8, 4) is 0 Å². The molecule has 0 aliphatic heterocycles. The summed E-state index contributed by atoms with van der Waals surface area (Å²) in [5.41, 5.74) is 5.92. The van der Waals surface area contributed by atoms with E-state index in [4.69, 9.17) is 17.3 Å². The van der Waals surface area contributed by atoms with Crippen molar-refractivity contribution < 1.29 is 4.79 Å². The highest BCUT2D eigenvalue weighted by Gasteiger charge is 2.15. The van der Waals surface area contributed by atoms with Crippen molar-refractivity contribution in [2.45, 2.75) is 0 Å². The number of nitrogens with zero attached hydrogens (tertiary/aromatic N) is 2. The third-order valence-corrected chi connectivity index (χ3v) is 2.98. The highest BCUT2D eigenvalue weighted by Crippen LogP contribution is 2.18. The van der Waals surface area contributed by atoms with Gasteiger partial charge in [-0.25, -0.2) is 4.98 Å². The molecular weight excluding hydrogens is 246 g/mol. The number of aromatic nitrogens is 1. The monoisotopic (exact) mass is 259 g/mol. The fourth-order valence-corrected chi connectivity index (χ4v) is 1.79. The zero-order chi connectivity index (χ0) is 12.1. The Kier molecular flexibility index (Phi) is 4.89. The van der Waals surface area contributed by atoms with Crippen molar-refractivity contribution in [3.63, 3.8) is 0 Å². The first kappa shape index (κ1) is 13.1. The van der Waals surface area contributed by atoms with Crippen molar-refractivity contribution in [1.29, 1.82) is 0 Å². The largest absolute Gasteiger partial charge is 0.384 e. The van der Waals surface area contributed by atoms with E-state index >= 15 is 0 Å². The van der Waals surface area contributed by atoms with E-state index in [1.807, 2.05) is 6.26 Å². The molecule has 1 heterocycles. The Labute approximate surface area is 104 Å². The Morgan fingerprint density at radius 2 is 2.38 bits per heavy atom. The van der Waals surface area contributed by atoms with Gasteiger partial charge in [-0.3, -0.25) is 4.79 Å². The molecule has 1 aromatic heterocycles. The topological polar surface area (TPSA) is 59.2 Å². The van der Waals surface area contributed by atoms with Crippen LogP contribution in [-0.2, 0) is 0 Å². The third kappa shape index (κ3) is 3.28. The summed E-state index contributed by atoms with van der Waals surface area (Å²) in [5, 5.41) is 0.329. The first-order valence-corrected chi connectivity index (χ1v) is 6.49. The maximum Gasteiger partial charge on any atom is 0.255 e. The summed E-state index contributed by atoms with van der Waals surface area (Å²) in [6, 6.07) is 1.50. The van der Waals surface area contributed by atoms with Crippen LogP contribution in [0.2, 0.25) is 5.02 Å². The van der Waals surface area contributed by atoms with E-state index in [-0.39, 0.29) is 5.91 Å². The number of carbonyl (C=O) groups is 1. The smallest absolute Gasteiger partial charge is 0.255 e. The van der Waals surface area contributed by atoms with Crippen LogP contribution in [0.4, 0.5) is 5.82 Å². The van der Waals surface area contributed by atoms with Crippen LogP contribution < -0.4 is 5.73 Å². The van der Waals surface area contributed by atoms with Crippen LogP contribution in [0.1, 0.15) is 10.4 Å². The number of amides is 1. The second-order valence-corrected chi connectivity index (χ2v) is 4.70. The SMILES string of the molecule is CSCCN(C)C(=O)c1cc(N)ncc1Cl. The Morgan fingerprint density at radius 1 is 1.69 bits per heavy atom. The minimum absolute atomic E-state index is 0.131. The second-order valence-electron chi connectivity index (χ2n) is 3.31. The molecule has 4 nitrogen and oxygen atoms in total. The molecule has 1 aromatic rings. The first-order valence-electron chi connectivity index (χ1n) is 4.71. The molecule has 0 saturated carbocycles. The minimum Gasteiger partial charge on any atom is -0.384 e. The number of thioether (sulfide) groups is 1. The van der Waals surface area contributed by atoms with Gasteiger partial charge < -0.3 is 10.6 Å². The van der Waals surface area contributed by atoms with Crippen molar-refractivity contribution in [3.05, 3.63) is 22.8 Å². The van der Waals surface area contributed by atoms with Crippen LogP contribution in [0.15, 0.2) is 12.3 Å². The molecule has 0 fully saturated rings. The van der Waals surface area contributed by atoms with E-state index in [0.29, 0.717) is 22.9 Å². The molecule has 16 heavy (non-hydrogen) atoms. The molecule has 0 radical (unpaired) electrons. The fourth-order valence-electron chi connectivity index (χ4n) is 1.15. The van der Waals surface area contributed by atoms with Gasteiger partial charge in [0.2, 0.25) is 0 Å². The van der Waals surface area contributed by atoms with Crippen LogP contribution in [0, 0.1) is 0 Å². The van der Waals surface area contributed by atoms with Crippen molar-refractivity contribution in [2.24, 2.45) is 0 Å². The van der Waals surface area contributed by atoms with Gasteiger partial charge in [-0.15, -0.1) is 0 Å². The van der Waals surface area contributed by atoms with E-state index in [9.17, 15) is 4.79 Å². The number of rotatable bonds is 4. The van der Waals surface area contributed by atoms with Gasteiger partial charge in [0.15, 0.2) is 0 Å². The molecule has 0 atom stereocenters. The predicted molar refractivity (Wildman–Crippen MR) is 69.0 cm³/mol. The third-order valence-electron chi connectivity index (χ3n) is 2.08. The number of hydrogen-bond acceptors (Lipinski definition) is 4. The average molecular weight is 260 g/mol. The minimum atomic E-state index is -0.131. The number of halogens is 1. The van der Waals surface area contributed by atoms with E-state index < -0.39 is 0 Å². The number of carbonyl (C=O) groups excluding carboxylic acids is 1. The Hall–Kier alpha value is -0.940. The van der Waals surface area contributed by atoms with Gasteiger partial charge >= 0.3 is 0 Å². The maximum atomic E-state index is 12.0. The highest BCUT2D eigenvalue weighted by atomic mass is 35.5. The highest BCUT2D eigenvalue weighted by molar-refractivity contribution is 7.98. The van der Waals surface area contributed by atoms with Crippen LogP contribution in [0.25, 0.3) is 0 Å². The molecule has 0 saturated heterocycles. The van der Waals surface area contributed by atoms with Crippen LogP contribution in [-0.4, -0.2) is 41.4 Å². The maximum absolute atomic E-state index is 12.0. The summed E-state index contributed by atoms with van der Waals surface area (Å²) in [4.78, 5) is 17.4. The van der Waals surface area contributed by atoms with Crippen molar-refractivity contribution in [2.75, 3.05) is 31.3 Å². The van der Waals surface area contributed by atoms with Gasteiger partial charge in [0, 0.05) is 25.5 Å². The van der Waals surface area contributed by atoms with Gasteiger partial charge in [-0.1, -0.05) is 11.6 Å². The van der Waals surface area contributed by atoms with Crippen LogP contribution in [0.5, 0.6) is 0 Å². The Balaban J connectivity index is 2.83.